The third-order valence-electron chi connectivity index (χ3n) is 7.34. The maximum atomic E-state index is 14.2. The molecule has 0 unspecified atom stereocenters. The van der Waals surface area contributed by atoms with Gasteiger partial charge in [0.1, 0.15) is 17.1 Å². The van der Waals surface area contributed by atoms with Crippen molar-refractivity contribution in [3.8, 4) is 17.2 Å². The predicted octanol–water partition coefficient (Wildman–Crippen LogP) is 5.85. The van der Waals surface area contributed by atoms with Crippen molar-refractivity contribution in [1.29, 1.82) is 0 Å². The average Bonchev–Trinajstić information content (AvgIpc) is 2.88. The summed E-state index contributed by atoms with van der Waals surface area (Å²) < 4.78 is 55.4. The lowest BCUT2D eigenvalue weighted by atomic mass is 9.83. The van der Waals surface area contributed by atoms with E-state index in [2.05, 4.69) is 15.9 Å². The molecule has 2 atom stereocenters. The Bertz CT molecular complexity index is 1710. The number of hydrogen-bond acceptors (Lipinski definition) is 6. The molecular weight excluding hydrogens is 581 g/mol. The van der Waals surface area contributed by atoms with Crippen LogP contribution < -0.4 is 15.7 Å². The molecule has 0 aliphatic carbocycles. The van der Waals surface area contributed by atoms with Crippen molar-refractivity contribution in [2.45, 2.75) is 31.6 Å². The third kappa shape index (κ3) is 4.63. The summed E-state index contributed by atoms with van der Waals surface area (Å²) in [5, 5.41) is 10.6. The first kappa shape index (κ1) is 25.7. The van der Waals surface area contributed by atoms with E-state index < -0.39 is 23.1 Å². The van der Waals surface area contributed by atoms with E-state index in [1.807, 2.05) is 11.0 Å². The predicted molar refractivity (Wildman–Crippen MR) is 140 cm³/mol. The Morgan fingerprint density at radius 3 is 2.59 bits per heavy atom. The second-order valence-corrected chi connectivity index (χ2v) is 10.8. The molecule has 6 rings (SSSR count). The minimum atomic E-state index is -5.04. The Kier molecular flexibility index (Phi) is 6.30. The molecule has 39 heavy (non-hydrogen) atoms. The molecule has 0 saturated carbocycles. The van der Waals surface area contributed by atoms with Gasteiger partial charge in [-0.05, 0) is 58.6 Å². The lowest BCUT2D eigenvalue weighted by molar-refractivity contribution is -0.154. The topological polar surface area (TPSA) is 84.9 Å². The fourth-order valence-electron chi connectivity index (χ4n) is 5.70. The zero-order chi connectivity index (χ0) is 27.5. The summed E-state index contributed by atoms with van der Waals surface area (Å²) in [5.41, 5.74) is -0.369. The molecule has 2 aromatic heterocycles. The maximum Gasteiger partial charge on any atom is 0.453 e. The number of rotatable bonds is 4. The number of alkyl halides is 3. The van der Waals surface area contributed by atoms with Gasteiger partial charge in [-0.2, -0.15) is 13.2 Å². The highest BCUT2D eigenvalue weighted by molar-refractivity contribution is 9.10. The van der Waals surface area contributed by atoms with Crippen LogP contribution in [0.15, 0.2) is 73.1 Å². The highest BCUT2D eigenvalue weighted by Gasteiger charge is 2.41. The zero-order valence-corrected chi connectivity index (χ0v) is 22.0. The van der Waals surface area contributed by atoms with Crippen LogP contribution in [0.3, 0.4) is 0 Å². The van der Waals surface area contributed by atoms with Gasteiger partial charge in [0.2, 0.25) is 11.2 Å². The summed E-state index contributed by atoms with van der Waals surface area (Å²) in [5.74, 6) is -2.58. The number of ether oxygens (including phenoxy) is 1. The van der Waals surface area contributed by atoms with E-state index in [4.69, 9.17) is 9.15 Å². The number of para-hydroxylation sites is 1. The van der Waals surface area contributed by atoms with Gasteiger partial charge in [0.15, 0.2) is 0 Å². The van der Waals surface area contributed by atoms with Crippen molar-refractivity contribution in [1.82, 2.24) is 9.47 Å². The van der Waals surface area contributed by atoms with Crippen LogP contribution in [0.2, 0.25) is 0 Å². The van der Waals surface area contributed by atoms with Crippen molar-refractivity contribution in [3.63, 3.8) is 0 Å². The van der Waals surface area contributed by atoms with Gasteiger partial charge in [-0.15, -0.1) is 0 Å². The van der Waals surface area contributed by atoms with Gasteiger partial charge in [0, 0.05) is 43.9 Å². The number of nitrogens with zero attached hydrogens (tertiary/aromatic N) is 2. The van der Waals surface area contributed by atoms with E-state index in [1.54, 1.807) is 28.8 Å². The largest absolute Gasteiger partial charge is 0.507 e. The number of likely N-dealkylation sites (tertiary alicyclic amines) is 1. The lowest BCUT2D eigenvalue weighted by Crippen LogP contribution is -2.46. The third-order valence-corrected chi connectivity index (χ3v) is 8.00. The number of phenols is 1. The lowest BCUT2D eigenvalue weighted by Gasteiger charge is -2.42. The molecule has 7 nitrogen and oxygen atoms in total. The molecule has 2 aromatic carbocycles. The summed E-state index contributed by atoms with van der Waals surface area (Å²) in [7, 11) is 0. The van der Waals surface area contributed by atoms with Gasteiger partial charge in [-0.25, -0.2) is 0 Å². The van der Waals surface area contributed by atoms with Crippen molar-refractivity contribution >= 4 is 26.9 Å². The molecule has 0 amide bonds. The quantitative estimate of drug-likeness (QED) is 0.315. The standard InChI is InChI=1S/C28H22BrF3N2O5/c29-19-4-1-2-6-22(19)38-26-24(37)17-8-9-21(35)18(25(17)39-27(26)28(30,31)32)14-33-11-15-10-16(13-33)20-5-3-7-23(36)34(20)12-15/h1-9,15-16,35H,10-14H2/t15-,16+/m1/s1. The molecule has 0 spiro atoms. The van der Waals surface area contributed by atoms with Crippen molar-refractivity contribution in [3.05, 3.63) is 96.7 Å². The number of pyridine rings is 1. The Morgan fingerprint density at radius 2 is 1.82 bits per heavy atom. The van der Waals surface area contributed by atoms with Crippen LogP contribution >= 0.6 is 15.9 Å². The Morgan fingerprint density at radius 1 is 1.03 bits per heavy atom. The van der Waals surface area contributed by atoms with Crippen LogP contribution in [0.1, 0.15) is 29.4 Å². The summed E-state index contributed by atoms with van der Waals surface area (Å²) in [4.78, 5) is 27.7. The Hall–Kier alpha value is -3.57. The first-order valence-electron chi connectivity index (χ1n) is 12.3. The number of halogens is 4. The molecule has 4 heterocycles. The summed E-state index contributed by atoms with van der Waals surface area (Å²) in [6.07, 6.45) is -4.14. The minimum Gasteiger partial charge on any atom is -0.507 e. The van der Waals surface area contributed by atoms with Crippen LogP contribution in [-0.2, 0) is 19.3 Å². The fraction of sp³-hybridized carbons (Fsp3) is 0.286. The van der Waals surface area contributed by atoms with E-state index >= 15 is 0 Å². The van der Waals surface area contributed by atoms with Gasteiger partial charge < -0.3 is 18.8 Å². The van der Waals surface area contributed by atoms with Gasteiger partial charge in [-0.1, -0.05) is 18.2 Å². The first-order valence-corrected chi connectivity index (χ1v) is 13.1. The number of phenolic OH excluding ortho intramolecular Hbond substituents is 1. The number of fused-ring (bicyclic) bond motifs is 5. The number of aromatic hydroxyl groups is 1. The summed E-state index contributed by atoms with van der Waals surface area (Å²) >= 11 is 3.22. The number of aromatic nitrogens is 1. The number of piperidine rings is 1. The molecule has 0 radical (unpaired) electrons. The van der Waals surface area contributed by atoms with Crippen molar-refractivity contribution in [2.24, 2.45) is 5.92 Å². The normalized spacial score (nSPS) is 19.2. The van der Waals surface area contributed by atoms with Crippen LogP contribution in [0, 0.1) is 5.92 Å². The second-order valence-electron chi connectivity index (χ2n) is 9.95. The van der Waals surface area contributed by atoms with Crippen LogP contribution in [0.5, 0.6) is 17.2 Å². The van der Waals surface area contributed by atoms with Crippen LogP contribution in [-0.4, -0.2) is 27.7 Å². The highest BCUT2D eigenvalue weighted by atomic mass is 79.9. The van der Waals surface area contributed by atoms with E-state index in [1.165, 1.54) is 24.3 Å². The van der Waals surface area contributed by atoms with E-state index in [0.717, 1.165) is 12.1 Å². The number of benzene rings is 2. The molecule has 202 valence electrons. The Labute approximate surface area is 228 Å². The SMILES string of the molecule is O=c1c(Oc2ccccc2Br)c(C(F)(F)F)oc2c(CN3C[C@H]4C[C@@H](C3)c3cccc(=O)n3C4)c(O)ccc12. The minimum absolute atomic E-state index is 0.0212. The molecule has 1 N–H and O–H groups in total. The van der Waals surface area contributed by atoms with E-state index in [0.29, 0.717) is 24.1 Å². The molecule has 2 aliphatic heterocycles. The summed E-state index contributed by atoms with van der Waals surface area (Å²) in [6, 6.07) is 13.9. The smallest absolute Gasteiger partial charge is 0.453 e. The monoisotopic (exact) mass is 602 g/mol. The van der Waals surface area contributed by atoms with Crippen molar-refractivity contribution in [2.75, 3.05) is 13.1 Å². The van der Waals surface area contributed by atoms with Gasteiger partial charge >= 0.3 is 6.18 Å². The molecule has 1 saturated heterocycles. The van der Waals surface area contributed by atoms with Gasteiger partial charge in [0.25, 0.3) is 11.3 Å². The average molecular weight is 603 g/mol. The van der Waals surface area contributed by atoms with Gasteiger partial charge in [0.05, 0.1) is 15.4 Å². The highest BCUT2D eigenvalue weighted by Crippen LogP contribution is 2.42. The number of hydrogen-bond donors (Lipinski definition) is 1. The maximum absolute atomic E-state index is 14.2. The molecule has 2 aliphatic rings. The molecular formula is C28H22BrF3N2O5. The van der Waals surface area contributed by atoms with Crippen LogP contribution in [0.25, 0.3) is 11.0 Å². The van der Waals surface area contributed by atoms with Crippen LogP contribution in [0.4, 0.5) is 13.2 Å². The Balaban J connectivity index is 1.41. The molecule has 1 fully saturated rings. The zero-order valence-electron chi connectivity index (χ0n) is 20.4. The molecule has 4 aromatic rings. The molecule has 11 heteroatoms. The summed E-state index contributed by atoms with van der Waals surface area (Å²) in [6.45, 7) is 1.73. The van der Waals surface area contributed by atoms with Gasteiger partial charge in [-0.3, -0.25) is 14.5 Å². The molecule has 2 bridgehead atoms. The first-order chi connectivity index (χ1) is 18.6. The fourth-order valence-corrected chi connectivity index (χ4v) is 6.07. The van der Waals surface area contributed by atoms with E-state index in [9.17, 15) is 27.9 Å². The van der Waals surface area contributed by atoms with Crippen molar-refractivity contribution < 1.29 is 27.4 Å². The second kappa shape index (κ2) is 9.56. The van der Waals surface area contributed by atoms with E-state index in [-0.39, 0.29) is 52.0 Å².